The first-order valence-corrected chi connectivity index (χ1v) is 12.4. The molecule has 0 aromatic carbocycles. The van der Waals surface area contributed by atoms with E-state index in [9.17, 15) is 18.0 Å². The number of nitrogens with two attached hydrogens (primary N) is 1. The lowest BCUT2D eigenvalue weighted by Gasteiger charge is -2.50. The summed E-state index contributed by atoms with van der Waals surface area (Å²) in [6, 6.07) is -0.642. The minimum Gasteiger partial charge on any atom is -0.361 e. The number of piperazine rings is 1. The lowest BCUT2D eigenvalue weighted by atomic mass is 9.82. The van der Waals surface area contributed by atoms with Gasteiger partial charge in [0.1, 0.15) is 11.5 Å². The summed E-state index contributed by atoms with van der Waals surface area (Å²) in [6.45, 7) is 3.12. The summed E-state index contributed by atoms with van der Waals surface area (Å²) in [5, 5.41) is 3.48. The standard InChI is InChI=1S/C24H29ClF3N7O/c1-4-15-20(34-10-9-30-14-6-7-16(14)34)21(36)19-22(31-12-18(32-19)33(2)3)35(15)23(25)11-13(24(26,27)28)5-8-17(23)29/h5,8,11-12,14,16-17,30H,4,6-7,9-10,29H2,1-3H3. The summed E-state index contributed by atoms with van der Waals surface area (Å²) in [5.74, 6) is 0.450. The Balaban J connectivity index is 1.86. The molecule has 4 atom stereocenters. The second-order valence-electron chi connectivity index (χ2n) is 9.72. The highest BCUT2D eigenvalue weighted by molar-refractivity contribution is 6.24. The van der Waals surface area contributed by atoms with Crippen molar-refractivity contribution in [2.24, 2.45) is 5.73 Å². The average molecular weight is 524 g/mol. The largest absolute Gasteiger partial charge is 0.416 e. The molecule has 0 amide bonds. The Morgan fingerprint density at radius 3 is 2.69 bits per heavy atom. The van der Waals surface area contributed by atoms with E-state index in [0.717, 1.165) is 25.0 Å². The zero-order chi connectivity index (χ0) is 26.0. The van der Waals surface area contributed by atoms with Crippen molar-refractivity contribution < 1.29 is 13.2 Å². The fraction of sp³-hybridized carbons (Fsp3) is 0.542. The molecule has 0 radical (unpaired) electrons. The van der Waals surface area contributed by atoms with Gasteiger partial charge in [-0.15, -0.1) is 0 Å². The molecule has 0 bridgehead atoms. The van der Waals surface area contributed by atoms with Crippen LogP contribution < -0.4 is 26.3 Å². The highest BCUT2D eigenvalue weighted by Crippen LogP contribution is 2.42. The van der Waals surface area contributed by atoms with Crippen LogP contribution >= 0.6 is 11.6 Å². The molecule has 1 saturated heterocycles. The van der Waals surface area contributed by atoms with Crippen LogP contribution in [0.5, 0.6) is 0 Å². The van der Waals surface area contributed by atoms with Gasteiger partial charge < -0.3 is 25.4 Å². The maximum absolute atomic E-state index is 14.0. The van der Waals surface area contributed by atoms with Crippen molar-refractivity contribution in [2.45, 2.75) is 55.5 Å². The number of halogens is 4. The smallest absolute Gasteiger partial charge is 0.361 e. The van der Waals surface area contributed by atoms with Gasteiger partial charge in [-0.2, -0.15) is 13.2 Å². The summed E-state index contributed by atoms with van der Waals surface area (Å²) in [4.78, 5) is 25.0. The Bertz CT molecular complexity index is 1320. The molecule has 194 valence electrons. The van der Waals surface area contributed by atoms with E-state index in [4.69, 9.17) is 17.3 Å². The summed E-state index contributed by atoms with van der Waals surface area (Å²) in [5.41, 5.74) is 6.20. The number of fused-ring (bicyclic) bond motifs is 2. The molecular formula is C24H29ClF3N7O. The fourth-order valence-electron chi connectivity index (χ4n) is 5.37. The highest BCUT2D eigenvalue weighted by Gasteiger charge is 2.46. The summed E-state index contributed by atoms with van der Waals surface area (Å²) in [7, 11) is 3.54. The van der Waals surface area contributed by atoms with Crippen molar-refractivity contribution in [3.05, 3.63) is 45.9 Å². The Labute approximate surface area is 211 Å². The fourth-order valence-corrected chi connectivity index (χ4v) is 5.75. The maximum atomic E-state index is 14.0. The average Bonchev–Trinajstić information content (AvgIpc) is 2.80. The summed E-state index contributed by atoms with van der Waals surface area (Å²) >= 11 is 7.06. The predicted octanol–water partition coefficient (Wildman–Crippen LogP) is 2.64. The second-order valence-corrected chi connectivity index (χ2v) is 10.3. The number of anilines is 2. The van der Waals surface area contributed by atoms with Crippen LogP contribution in [-0.4, -0.2) is 66.0 Å². The molecule has 8 nitrogen and oxygen atoms in total. The lowest BCUT2D eigenvalue weighted by Crippen LogP contribution is -2.64. The number of allylic oxidation sites excluding steroid dienone is 2. The van der Waals surface area contributed by atoms with E-state index < -0.39 is 22.8 Å². The van der Waals surface area contributed by atoms with E-state index in [-0.39, 0.29) is 28.7 Å². The first-order valence-electron chi connectivity index (χ1n) is 12.0. The van der Waals surface area contributed by atoms with Crippen molar-refractivity contribution in [2.75, 3.05) is 37.0 Å². The second kappa shape index (κ2) is 8.74. The normalized spacial score (nSPS) is 28.1. The van der Waals surface area contributed by atoms with E-state index in [1.807, 2.05) is 6.92 Å². The number of aromatic nitrogens is 3. The van der Waals surface area contributed by atoms with Gasteiger partial charge in [0, 0.05) is 45.0 Å². The quantitative estimate of drug-likeness (QED) is 0.595. The number of alkyl halides is 4. The van der Waals surface area contributed by atoms with Crippen LogP contribution in [0.25, 0.3) is 11.2 Å². The summed E-state index contributed by atoms with van der Waals surface area (Å²) < 4.78 is 42.8. The van der Waals surface area contributed by atoms with Crippen LogP contribution in [0.15, 0.2) is 34.8 Å². The maximum Gasteiger partial charge on any atom is 0.416 e. The number of hydrogen-bond donors (Lipinski definition) is 2. The highest BCUT2D eigenvalue weighted by atomic mass is 35.5. The molecule has 5 rings (SSSR count). The first kappa shape index (κ1) is 25.0. The summed E-state index contributed by atoms with van der Waals surface area (Å²) in [6.07, 6.45) is 2.21. The minimum absolute atomic E-state index is 0.0477. The van der Waals surface area contributed by atoms with Crippen LogP contribution in [0.2, 0.25) is 0 Å². The van der Waals surface area contributed by atoms with Gasteiger partial charge in [-0.25, -0.2) is 9.97 Å². The molecular weight excluding hydrogens is 495 g/mol. The van der Waals surface area contributed by atoms with Crippen molar-refractivity contribution in [1.29, 1.82) is 0 Å². The Morgan fingerprint density at radius 1 is 1.33 bits per heavy atom. The number of nitrogens with one attached hydrogen (secondary N) is 1. The Morgan fingerprint density at radius 2 is 2.08 bits per heavy atom. The minimum atomic E-state index is -4.62. The monoisotopic (exact) mass is 523 g/mol. The van der Waals surface area contributed by atoms with Crippen molar-refractivity contribution in [3.8, 4) is 0 Å². The van der Waals surface area contributed by atoms with Crippen LogP contribution in [0.1, 0.15) is 25.5 Å². The molecule has 12 heteroatoms. The van der Waals surface area contributed by atoms with Gasteiger partial charge in [0.15, 0.2) is 16.2 Å². The van der Waals surface area contributed by atoms with Gasteiger partial charge >= 0.3 is 6.18 Å². The van der Waals surface area contributed by atoms with Gasteiger partial charge in [-0.05, 0) is 25.3 Å². The van der Waals surface area contributed by atoms with Gasteiger partial charge in [0.05, 0.1) is 17.8 Å². The molecule has 36 heavy (non-hydrogen) atoms. The van der Waals surface area contributed by atoms with Gasteiger partial charge in [0.25, 0.3) is 0 Å². The molecule has 2 fully saturated rings. The van der Waals surface area contributed by atoms with Gasteiger partial charge in [-0.1, -0.05) is 30.7 Å². The van der Waals surface area contributed by atoms with Crippen LogP contribution in [0, 0.1) is 0 Å². The third-order valence-corrected chi connectivity index (χ3v) is 7.91. The van der Waals surface area contributed by atoms with E-state index in [1.165, 1.54) is 16.8 Å². The molecule has 2 aromatic rings. The predicted molar refractivity (Wildman–Crippen MR) is 135 cm³/mol. The molecule has 1 saturated carbocycles. The molecule has 2 aliphatic carbocycles. The van der Waals surface area contributed by atoms with E-state index in [1.54, 1.807) is 19.0 Å². The third kappa shape index (κ3) is 3.79. The molecule has 1 aliphatic heterocycles. The molecule has 3 aliphatic rings. The van der Waals surface area contributed by atoms with E-state index >= 15 is 0 Å². The van der Waals surface area contributed by atoms with E-state index in [2.05, 4.69) is 20.2 Å². The number of hydrogen-bond acceptors (Lipinski definition) is 7. The molecule has 0 spiro atoms. The lowest BCUT2D eigenvalue weighted by molar-refractivity contribution is -0.0891. The zero-order valence-corrected chi connectivity index (χ0v) is 21.1. The van der Waals surface area contributed by atoms with E-state index in [0.29, 0.717) is 36.7 Å². The number of rotatable bonds is 4. The van der Waals surface area contributed by atoms with Crippen molar-refractivity contribution in [3.63, 3.8) is 0 Å². The molecule has 2 aromatic heterocycles. The Hall–Kier alpha value is -2.63. The van der Waals surface area contributed by atoms with Crippen LogP contribution in [0.4, 0.5) is 24.7 Å². The molecule has 3 heterocycles. The number of nitrogens with zero attached hydrogens (tertiary/aromatic N) is 5. The topological polar surface area (TPSA) is 92.3 Å². The van der Waals surface area contributed by atoms with Crippen LogP contribution in [0.3, 0.4) is 0 Å². The molecule has 3 N–H and O–H groups in total. The Kier molecular flexibility index (Phi) is 6.08. The number of pyridine rings is 1. The van der Waals surface area contributed by atoms with Crippen molar-refractivity contribution >= 4 is 34.3 Å². The third-order valence-electron chi connectivity index (χ3n) is 7.38. The zero-order valence-electron chi connectivity index (χ0n) is 20.3. The first-order chi connectivity index (χ1) is 17.0. The molecule has 4 unspecified atom stereocenters. The van der Waals surface area contributed by atoms with Crippen LogP contribution in [-0.2, 0) is 11.4 Å². The van der Waals surface area contributed by atoms with Crippen molar-refractivity contribution in [1.82, 2.24) is 19.9 Å². The van der Waals surface area contributed by atoms with Gasteiger partial charge in [0.2, 0.25) is 5.43 Å². The SMILES string of the molecule is CCc1c(N2CCNC3CCC32)c(=O)c2nc(N(C)C)cnc2n1C1(Cl)C=C(C(F)(F)F)C=CC1N. The van der Waals surface area contributed by atoms with Gasteiger partial charge in [-0.3, -0.25) is 4.79 Å².